The van der Waals surface area contributed by atoms with Crippen molar-refractivity contribution >= 4 is 5.91 Å². The van der Waals surface area contributed by atoms with Crippen LogP contribution < -0.4 is 10.6 Å². The number of amides is 1. The van der Waals surface area contributed by atoms with E-state index in [4.69, 9.17) is 14.7 Å². The SMILES string of the molecule is CCCCNC(=O)/C(C#N)=C\NCC(OCC)OCC. The standard InChI is InChI=1S/C14H25N3O3/c1-4-7-8-17-14(18)12(9-15)10-16-11-13(19-5-2)20-6-3/h10,13,16H,4-8,11H2,1-3H3,(H,17,18)/b12-10-. The van der Waals surface area contributed by atoms with Crippen LogP contribution in [0.5, 0.6) is 0 Å². The summed E-state index contributed by atoms with van der Waals surface area (Å²) in [7, 11) is 0. The summed E-state index contributed by atoms with van der Waals surface area (Å²) in [4.78, 5) is 11.7. The maximum absolute atomic E-state index is 11.7. The number of nitriles is 1. The van der Waals surface area contributed by atoms with Gasteiger partial charge in [0, 0.05) is 26.0 Å². The third kappa shape index (κ3) is 8.51. The third-order valence-corrected chi connectivity index (χ3v) is 2.42. The normalized spacial score (nSPS) is 11.2. The molecular weight excluding hydrogens is 258 g/mol. The van der Waals surface area contributed by atoms with Crippen LogP contribution in [-0.2, 0) is 14.3 Å². The zero-order chi connectivity index (χ0) is 15.2. The summed E-state index contributed by atoms with van der Waals surface area (Å²) in [6, 6.07) is 1.87. The Morgan fingerprint density at radius 2 is 1.95 bits per heavy atom. The lowest BCUT2D eigenvalue weighted by Gasteiger charge is -2.16. The lowest BCUT2D eigenvalue weighted by molar-refractivity contribution is -0.131. The summed E-state index contributed by atoms with van der Waals surface area (Å²) in [6.07, 6.45) is 2.90. The lowest BCUT2D eigenvalue weighted by Crippen LogP contribution is -2.31. The Morgan fingerprint density at radius 1 is 1.30 bits per heavy atom. The van der Waals surface area contributed by atoms with Crippen LogP contribution in [0.2, 0.25) is 0 Å². The molecule has 0 fully saturated rings. The van der Waals surface area contributed by atoms with Crippen molar-refractivity contribution in [1.82, 2.24) is 10.6 Å². The van der Waals surface area contributed by atoms with E-state index in [-0.39, 0.29) is 17.8 Å². The van der Waals surface area contributed by atoms with Crippen LogP contribution in [0, 0.1) is 11.3 Å². The van der Waals surface area contributed by atoms with Gasteiger partial charge in [0.25, 0.3) is 5.91 Å². The van der Waals surface area contributed by atoms with Gasteiger partial charge in [-0.2, -0.15) is 5.26 Å². The maximum Gasteiger partial charge on any atom is 0.263 e. The molecule has 0 rings (SSSR count). The van der Waals surface area contributed by atoms with Crippen molar-refractivity contribution < 1.29 is 14.3 Å². The van der Waals surface area contributed by atoms with Crippen LogP contribution >= 0.6 is 0 Å². The zero-order valence-corrected chi connectivity index (χ0v) is 12.6. The Kier molecular flexibility index (Phi) is 11.5. The Labute approximate surface area is 121 Å². The summed E-state index contributed by atoms with van der Waals surface area (Å²) >= 11 is 0. The Balaban J connectivity index is 4.23. The number of carbonyl (C=O) groups excluding carboxylic acids is 1. The van der Waals surface area contributed by atoms with Crippen molar-refractivity contribution in [3.05, 3.63) is 11.8 Å². The highest BCUT2D eigenvalue weighted by atomic mass is 16.7. The monoisotopic (exact) mass is 283 g/mol. The third-order valence-electron chi connectivity index (χ3n) is 2.42. The van der Waals surface area contributed by atoms with Crippen molar-refractivity contribution in [2.24, 2.45) is 0 Å². The molecule has 0 aromatic carbocycles. The highest BCUT2D eigenvalue weighted by Crippen LogP contribution is 1.95. The minimum atomic E-state index is -0.385. The van der Waals surface area contributed by atoms with Crippen LogP contribution in [0.1, 0.15) is 33.6 Å². The second-order valence-electron chi connectivity index (χ2n) is 4.03. The van der Waals surface area contributed by atoms with Gasteiger partial charge in [0.05, 0.1) is 6.54 Å². The number of unbranched alkanes of at least 4 members (excludes halogenated alkanes) is 1. The van der Waals surface area contributed by atoms with Crippen LogP contribution in [0.15, 0.2) is 11.8 Å². The van der Waals surface area contributed by atoms with Gasteiger partial charge in [0.2, 0.25) is 0 Å². The fourth-order valence-corrected chi connectivity index (χ4v) is 1.42. The van der Waals surface area contributed by atoms with Crippen LogP contribution in [0.25, 0.3) is 0 Å². The van der Waals surface area contributed by atoms with Gasteiger partial charge in [-0.3, -0.25) is 4.79 Å². The molecule has 0 heterocycles. The topological polar surface area (TPSA) is 83.4 Å². The minimum Gasteiger partial charge on any atom is -0.385 e. The highest BCUT2D eigenvalue weighted by molar-refractivity contribution is 5.97. The molecule has 114 valence electrons. The summed E-state index contributed by atoms with van der Waals surface area (Å²) in [5.74, 6) is -0.363. The van der Waals surface area contributed by atoms with Crippen molar-refractivity contribution in [2.75, 3.05) is 26.3 Å². The minimum absolute atomic E-state index is 0.0489. The molecule has 0 atom stereocenters. The molecule has 0 aliphatic heterocycles. The first-order valence-electron chi connectivity index (χ1n) is 7.04. The van der Waals surface area contributed by atoms with E-state index in [9.17, 15) is 4.79 Å². The molecule has 2 N–H and O–H groups in total. The second-order valence-corrected chi connectivity index (χ2v) is 4.03. The fourth-order valence-electron chi connectivity index (χ4n) is 1.42. The average molecular weight is 283 g/mol. The number of carbonyl (C=O) groups is 1. The first kappa shape index (κ1) is 18.4. The lowest BCUT2D eigenvalue weighted by atomic mass is 10.3. The van der Waals surface area contributed by atoms with Gasteiger partial charge in [-0.25, -0.2) is 0 Å². The van der Waals surface area contributed by atoms with Gasteiger partial charge >= 0.3 is 0 Å². The molecule has 1 amide bonds. The predicted molar refractivity (Wildman–Crippen MR) is 76.7 cm³/mol. The zero-order valence-electron chi connectivity index (χ0n) is 12.6. The highest BCUT2D eigenvalue weighted by Gasteiger charge is 2.09. The molecule has 0 bridgehead atoms. The number of ether oxygens (including phenoxy) is 2. The molecule has 0 spiro atoms. The number of rotatable bonds is 11. The molecule has 0 aliphatic rings. The Hall–Kier alpha value is -1.58. The molecular formula is C14H25N3O3. The molecule has 0 unspecified atom stereocenters. The largest absolute Gasteiger partial charge is 0.385 e. The average Bonchev–Trinajstić information content (AvgIpc) is 2.44. The first-order valence-corrected chi connectivity index (χ1v) is 7.04. The molecule has 0 saturated heterocycles. The van der Waals surface area contributed by atoms with Crippen LogP contribution in [0.4, 0.5) is 0 Å². The summed E-state index contributed by atoms with van der Waals surface area (Å²) in [5, 5.41) is 14.5. The molecule has 0 aliphatic carbocycles. The van der Waals surface area contributed by atoms with Gasteiger partial charge in [-0.1, -0.05) is 13.3 Å². The summed E-state index contributed by atoms with van der Waals surface area (Å²) in [6.45, 7) is 7.84. The number of hydrogen-bond donors (Lipinski definition) is 2. The molecule has 6 heteroatoms. The van der Waals surface area contributed by atoms with Gasteiger partial charge in [-0.15, -0.1) is 0 Å². The smallest absolute Gasteiger partial charge is 0.263 e. The molecule has 6 nitrogen and oxygen atoms in total. The first-order chi connectivity index (χ1) is 9.69. The van der Waals surface area contributed by atoms with E-state index < -0.39 is 0 Å². The van der Waals surface area contributed by atoms with E-state index in [0.717, 1.165) is 12.8 Å². The second kappa shape index (κ2) is 12.5. The summed E-state index contributed by atoms with van der Waals surface area (Å²) < 4.78 is 10.7. The molecule has 20 heavy (non-hydrogen) atoms. The van der Waals surface area contributed by atoms with E-state index in [0.29, 0.717) is 26.3 Å². The van der Waals surface area contributed by atoms with Crippen molar-refractivity contribution in [3.8, 4) is 6.07 Å². The van der Waals surface area contributed by atoms with Gasteiger partial charge in [0.15, 0.2) is 6.29 Å². The number of hydrogen-bond acceptors (Lipinski definition) is 5. The Bertz CT molecular complexity index is 331. The number of nitrogens with zero attached hydrogens (tertiary/aromatic N) is 1. The maximum atomic E-state index is 11.7. The van der Waals surface area contributed by atoms with Gasteiger partial charge in [0.1, 0.15) is 11.6 Å². The van der Waals surface area contributed by atoms with Crippen LogP contribution in [0.3, 0.4) is 0 Å². The predicted octanol–water partition coefficient (Wildman–Crippen LogP) is 1.30. The molecule has 0 aromatic heterocycles. The number of nitrogens with one attached hydrogen (secondary N) is 2. The van der Waals surface area contributed by atoms with Crippen molar-refractivity contribution in [2.45, 2.75) is 39.9 Å². The molecule has 0 radical (unpaired) electrons. The van der Waals surface area contributed by atoms with Gasteiger partial charge < -0.3 is 20.1 Å². The van der Waals surface area contributed by atoms with Crippen LogP contribution in [-0.4, -0.2) is 38.5 Å². The van der Waals surface area contributed by atoms with E-state index in [2.05, 4.69) is 10.6 Å². The molecule has 0 aromatic rings. The van der Waals surface area contributed by atoms with E-state index in [1.807, 2.05) is 26.8 Å². The van der Waals surface area contributed by atoms with E-state index in [1.54, 1.807) is 0 Å². The Morgan fingerprint density at radius 3 is 2.45 bits per heavy atom. The fraction of sp³-hybridized carbons (Fsp3) is 0.714. The summed E-state index contributed by atoms with van der Waals surface area (Å²) in [5.41, 5.74) is 0.0489. The van der Waals surface area contributed by atoms with E-state index >= 15 is 0 Å². The quantitative estimate of drug-likeness (QED) is 0.258. The van der Waals surface area contributed by atoms with Gasteiger partial charge in [-0.05, 0) is 20.3 Å². The molecule has 0 saturated carbocycles. The van der Waals surface area contributed by atoms with Crippen molar-refractivity contribution in [3.63, 3.8) is 0 Å². The van der Waals surface area contributed by atoms with Crippen molar-refractivity contribution in [1.29, 1.82) is 5.26 Å². The van der Waals surface area contributed by atoms with E-state index in [1.165, 1.54) is 6.20 Å².